The standard InChI is InChI=1S/C11H15F2N3O3/c1-6-15-8(14)3-4-16(6)10-11(12,13)9(17)7(19-10)5-18-2/h3-4,7,9-10,17H,1,5H2,2H3,(H2,14,15)/t7-,9-,10-/m1/s1. The number of aliphatic hydroxyl groups excluding tert-OH is 1. The van der Waals surface area contributed by atoms with Gasteiger partial charge in [0.05, 0.1) is 6.61 Å². The van der Waals surface area contributed by atoms with Crippen LogP contribution in [-0.2, 0) is 9.47 Å². The first-order valence-corrected chi connectivity index (χ1v) is 5.57. The number of hydrogen-bond acceptors (Lipinski definition) is 6. The zero-order valence-corrected chi connectivity index (χ0v) is 10.3. The Kier molecular flexibility index (Phi) is 3.57. The molecule has 3 N–H and O–H groups in total. The number of halogens is 2. The molecule has 1 fully saturated rings. The van der Waals surface area contributed by atoms with Crippen molar-refractivity contribution in [1.29, 1.82) is 0 Å². The number of hydrogen-bond donors (Lipinski definition) is 2. The van der Waals surface area contributed by atoms with E-state index in [9.17, 15) is 13.9 Å². The molecule has 0 aromatic carbocycles. The molecule has 0 aromatic heterocycles. The summed E-state index contributed by atoms with van der Waals surface area (Å²) in [5.74, 6) is -3.29. The van der Waals surface area contributed by atoms with Gasteiger partial charge in [-0.1, -0.05) is 6.58 Å². The minimum Gasteiger partial charge on any atom is -0.384 e. The first-order chi connectivity index (χ1) is 8.87. The van der Waals surface area contributed by atoms with Crippen molar-refractivity contribution in [2.45, 2.75) is 24.4 Å². The molecule has 0 aromatic rings. The molecule has 0 bridgehead atoms. The first kappa shape index (κ1) is 13.9. The van der Waals surface area contributed by atoms with Gasteiger partial charge in [-0.3, -0.25) is 0 Å². The number of aliphatic imine (C=N–C) groups is 1. The van der Waals surface area contributed by atoms with E-state index >= 15 is 0 Å². The molecular weight excluding hydrogens is 260 g/mol. The summed E-state index contributed by atoms with van der Waals surface area (Å²) in [7, 11) is 1.34. The van der Waals surface area contributed by atoms with Gasteiger partial charge in [-0.25, -0.2) is 4.99 Å². The lowest BCUT2D eigenvalue weighted by molar-refractivity contribution is -0.148. The van der Waals surface area contributed by atoms with Crippen LogP contribution < -0.4 is 5.73 Å². The second kappa shape index (κ2) is 4.87. The van der Waals surface area contributed by atoms with Crippen LogP contribution in [0.2, 0.25) is 0 Å². The van der Waals surface area contributed by atoms with Gasteiger partial charge in [-0.2, -0.15) is 8.78 Å². The average molecular weight is 275 g/mol. The fourth-order valence-electron chi connectivity index (χ4n) is 1.97. The van der Waals surface area contributed by atoms with E-state index in [2.05, 4.69) is 11.6 Å². The maximum absolute atomic E-state index is 14.0. The Morgan fingerprint density at radius 2 is 2.37 bits per heavy atom. The molecule has 0 radical (unpaired) electrons. The summed E-state index contributed by atoms with van der Waals surface area (Å²) in [6.45, 7) is 3.40. The average Bonchev–Trinajstić information content (AvgIpc) is 2.54. The lowest BCUT2D eigenvalue weighted by Crippen LogP contribution is -2.47. The van der Waals surface area contributed by atoms with E-state index in [1.165, 1.54) is 19.4 Å². The van der Waals surface area contributed by atoms with Crippen LogP contribution in [0.3, 0.4) is 0 Å². The number of nitrogens with zero attached hydrogens (tertiary/aromatic N) is 2. The van der Waals surface area contributed by atoms with E-state index in [4.69, 9.17) is 15.2 Å². The van der Waals surface area contributed by atoms with Crippen LogP contribution in [-0.4, -0.2) is 53.9 Å². The molecule has 2 heterocycles. The van der Waals surface area contributed by atoms with Crippen LogP contribution in [0.5, 0.6) is 0 Å². The highest BCUT2D eigenvalue weighted by atomic mass is 19.3. The van der Waals surface area contributed by atoms with Crippen molar-refractivity contribution in [3.8, 4) is 0 Å². The second-order valence-electron chi connectivity index (χ2n) is 4.28. The van der Waals surface area contributed by atoms with Crippen LogP contribution in [0.25, 0.3) is 0 Å². The molecule has 3 atom stereocenters. The van der Waals surface area contributed by atoms with Gasteiger partial charge in [0, 0.05) is 13.3 Å². The fraction of sp³-hybridized carbons (Fsp3) is 0.545. The molecule has 0 saturated carbocycles. The van der Waals surface area contributed by atoms with Crippen LogP contribution >= 0.6 is 0 Å². The van der Waals surface area contributed by atoms with Crippen LogP contribution in [0.15, 0.2) is 29.7 Å². The summed E-state index contributed by atoms with van der Waals surface area (Å²) >= 11 is 0. The smallest absolute Gasteiger partial charge is 0.320 e. The molecule has 6 nitrogen and oxygen atoms in total. The van der Waals surface area contributed by atoms with E-state index < -0.39 is 24.4 Å². The summed E-state index contributed by atoms with van der Waals surface area (Å²) in [5, 5.41) is 9.59. The Balaban J connectivity index is 2.21. The molecule has 8 heteroatoms. The predicted molar refractivity (Wildman–Crippen MR) is 63.2 cm³/mol. The zero-order chi connectivity index (χ0) is 14.2. The largest absolute Gasteiger partial charge is 0.384 e. The van der Waals surface area contributed by atoms with Crippen LogP contribution in [0, 0.1) is 0 Å². The molecule has 0 amide bonds. The second-order valence-corrected chi connectivity index (χ2v) is 4.28. The Bertz CT molecular complexity index is 439. The van der Waals surface area contributed by atoms with Crippen LogP contribution in [0.4, 0.5) is 8.78 Å². The maximum atomic E-state index is 14.0. The van der Waals surface area contributed by atoms with Gasteiger partial charge in [-0.05, 0) is 6.08 Å². The number of ether oxygens (including phenoxy) is 2. The molecule has 19 heavy (non-hydrogen) atoms. The molecule has 2 aliphatic rings. The highest BCUT2D eigenvalue weighted by molar-refractivity contribution is 5.92. The summed E-state index contributed by atoms with van der Waals surface area (Å²) in [6.07, 6.45) is -2.12. The van der Waals surface area contributed by atoms with E-state index in [1.54, 1.807) is 0 Å². The van der Waals surface area contributed by atoms with Crippen molar-refractivity contribution in [3.63, 3.8) is 0 Å². The lowest BCUT2D eigenvalue weighted by Gasteiger charge is -2.31. The van der Waals surface area contributed by atoms with E-state index in [-0.39, 0.29) is 18.3 Å². The normalized spacial score (nSPS) is 33.7. The predicted octanol–water partition coefficient (Wildman–Crippen LogP) is 0.0116. The van der Waals surface area contributed by atoms with Gasteiger partial charge in [-0.15, -0.1) is 0 Å². The summed E-state index contributed by atoms with van der Waals surface area (Å²) in [4.78, 5) is 4.82. The topological polar surface area (TPSA) is 80.3 Å². The zero-order valence-electron chi connectivity index (χ0n) is 10.3. The highest BCUT2D eigenvalue weighted by Gasteiger charge is 2.60. The third kappa shape index (κ3) is 2.34. The third-order valence-corrected chi connectivity index (χ3v) is 2.93. The van der Waals surface area contributed by atoms with E-state index in [1.807, 2.05) is 0 Å². The molecule has 0 aliphatic carbocycles. The minimum absolute atomic E-state index is 0.0231. The van der Waals surface area contributed by atoms with Gasteiger partial charge in [0.2, 0.25) is 6.23 Å². The molecule has 1 saturated heterocycles. The molecule has 0 spiro atoms. The SMILES string of the molecule is C=C1N=C(N)C=CN1[C@@H]1O[C@H](COC)[C@@H](O)C1(F)F. The van der Waals surface area contributed by atoms with Gasteiger partial charge in [0.25, 0.3) is 0 Å². The van der Waals surface area contributed by atoms with Gasteiger partial charge in [0.1, 0.15) is 17.8 Å². The molecule has 2 rings (SSSR count). The number of methoxy groups -OCH3 is 1. The lowest BCUT2D eigenvalue weighted by atomic mass is 10.1. The Morgan fingerprint density at radius 3 is 2.95 bits per heavy atom. The van der Waals surface area contributed by atoms with Gasteiger partial charge in [0.15, 0.2) is 6.10 Å². The summed E-state index contributed by atoms with van der Waals surface area (Å²) in [6, 6.07) is 0. The summed E-state index contributed by atoms with van der Waals surface area (Å²) < 4.78 is 37.9. The highest BCUT2D eigenvalue weighted by Crippen LogP contribution is 2.39. The van der Waals surface area contributed by atoms with E-state index in [0.29, 0.717) is 0 Å². The van der Waals surface area contributed by atoms with E-state index in [0.717, 1.165) is 4.90 Å². The molecular formula is C11H15F2N3O3. The Morgan fingerprint density at radius 1 is 1.68 bits per heavy atom. The third-order valence-electron chi connectivity index (χ3n) is 2.93. The number of amidine groups is 1. The quantitative estimate of drug-likeness (QED) is 0.758. The van der Waals surface area contributed by atoms with Gasteiger partial charge >= 0.3 is 5.92 Å². The maximum Gasteiger partial charge on any atom is 0.320 e. The number of aliphatic hydroxyl groups is 1. The fourth-order valence-corrected chi connectivity index (χ4v) is 1.97. The number of rotatable bonds is 3. The van der Waals surface area contributed by atoms with Crippen molar-refractivity contribution < 1.29 is 23.4 Å². The molecule has 106 valence electrons. The van der Waals surface area contributed by atoms with Crippen molar-refractivity contribution in [3.05, 3.63) is 24.7 Å². The Labute approximate surface area is 108 Å². The van der Waals surface area contributed by atoms with Gasteiger partial charge < -0.3 is 25.2 Å². The summed E-state index contributed by atoms with van der Waals surface area (Å²) in [5.41, 5.74) is 5.43. The number of alkyl halides is 2. The monoisotopic (exact) mass is 275 g/mol. The van der Waals surface area contributed by atoms with Crippen LogP contribution in [0.1, 0.15) is 0 Å². The Hall–Kier alpha value is -1.51. The number of nitrogens with two attached hydrogens (primary N) is 1. The van der Waals surface area contributed by atoms with Crippen molar-refractivity contribution in [2.75, 3.05) is 13.7 Å². The first-order valence-electron chi connectivity index (χ1n) is 5.57. The van der Waals surface area contributed by atoms with Crippen molar-refractivity contribution in [1.82, 2.24) is 4.90 Å². The van der Waals surface area contributed by atoms with Crippen molar-refractivity contribution in [2.24, 2.45) is 10.7 Å². The van der Waals surface area contributed by atoms with Crippen molar-refractivity contribution >= 4 is 5.84 Å². The minimum atomic E-state index is -3.47. The molecule has 0 unspecified atom stereocenters. The molecule has 2 aliphatic heterocycles.